The van der Waals surface area contributed by atoms with Crippen LogP contribution >= 0.6 is 11.6 Å². The van der Waals surface area contributed by atoms with Crippen molar-refractivity contribution >= 4 is 11.6 Å². The molecule has 0 spiro atoms. The topological polar surface area (TPSA) is 24.9 Å². The lowest BCUT2D eigenvalue weighted by atomic mass is 10.1. The molecule has 1 heterocycles. The fraction of sp³-hybridized carbons (Fsp3) is 0.500. The monoisotopic (exact) mass is 250 g/mol. The quantitative estimate of drug-likeness (QED) is 0.817. The van der Waals surface area contributed by atoms with Crippen LogP contribution in [0.2, 0.25) is 5.15 Å². The Kier molecular flexibility index (Phi) is 2.62. The first-order valence-electron chi connectivity index (χ1n) is 4.81. The summed E-state index contributed by atoms with van der Waals surface area (Å²) in [6.07, 6.45) is -2.05. The van der Waals surface area contributed by atoms with Crippen molar-refractivity contribution in [2.24, 2.45) is 0 Å². The van der Waals surface area contributed by atoms with E-state index >= 15 is 0 Å². The van der Waals surface area contributed by atoms with Gasteiger partial charge in [-0.3, -0.25) is 0 Å². The third kappa shape index (κ3) is 1.89. The molecule has 0 amide bonds. The van der Waals surface area contributed by atoms with Gasteiger partial charge >= 0.3 is 6.18 Å². The number of nitrogens with zero attached hydrogens (tertiary/aromatic N) is 1. The predicted molar refractivity (Wildman–Crippen MR) is 54.2 cm³/mol. The summed E-state index contributed by atoms with van der Waals surface area (Å²) in [5.41, 5.74) is -0.731. The minimum Gasteiger partial charge on any atom is -0.310 e. The van der Waals surface area contributed by atoms with E-state index in [-0.39, 0.29) is 5.15 Å². The lowest BCUT2D eigenvalue weighted by molar-refractivity contribution is -0.137. The van der Waals surface area contributed by atoms with Gasteiger partial charge in [-0.2, -0.15) is 13.2 Å². The summed E-state index contributed by atoms with van der Waals surface area (Å²) in [6, 6.07) is 1.08. The highest BCUT2D eigenvalue weighted by Gasteiger charge is 2.45. The summed E-state index contributed by atoms with van der Waals surface area (Å²) in [5.74, 6) is 0. The highest BCUT2D eigenvalue weighted by Crippen LogP contribution is 2.48. The molecule has 1 N–H and O–H groups in total. The van der Waals surface area contributed by atoms with Crippen LogP contribution in [0.15, 0.2) is 12.3 Å². The van der Waals surface area contributed by atoms with E-state index < -0.39 is 17.3 Å². The Bertz CT molecular complexity index is 413. The first-order valence-corrected chi connectivity index (χ1v) is 5.19. The Morgan fingerprint density at radius 1 is 1.44 bits per heavy atom. The van der Waals surface area contributed by atoms with E-state index in [1.807, 2.05) is 0 Å². The van der Waals surface area contributed by atoms with E-state index in [1.54, 1.807) is 7.05 Å². The Morgan fingerprint density at radius 3 is 2.50 bits per heavy atom. The van der Waals surface area contributed by atoms with Gasteiger partial charge < -0.3 is 5.32 Å². The minimum atomic E-state index is -4.38. The first kappa shape index (κ1) is 11.7. The average Bonchev–Trinajstić information content (AvgIpc) is 2.97. The van der Waals surface area contributed by atoms with Crippen molar-refractivity contribution in [2.45, 2.75) is 24.6 Å². The second kappa shape index (κ2) is 3.60. The average molecular weight is 251 g/mol. The van der Waals surface area contributed by atoms with Crippen LogP contribution < -0.4 is 5.32 Å². The molecule has 0 aliphatic heterocycles. The molecule has 0 aromatic carbocycles. The van der Waals surface area contributed by atoms with Gasteiger partial charge in [-0.15, -0.1) is 0 Å². The first-order chi connectivity index (χ1) is 7.39. The Balaban J connectivity index is 2.46. The summed E-state index contributed by atoms with van der Waals surface area (Å²) in [5, 5.41) is 3.14. The van der Waals surface area contributed by atoms with E-state index in [0.717, 1.165) is 25.1 Å². The summed E-state index contributed by atoms with van der Waals surface area (Å²) in [4.78, 5) is 3.61. The minimum absolute atomic E-state index is 0.139. The van der Waals surface area contributed by atoms with E-state index in [2.05, 4.69) is 10.3 Å². The summed E-state index contributed by atoms with van der Waals surface area (Å²) >= 11 is 5.83. The second-order valence-electron chi connectivity index (χ2n) is 3.89. The molecule has 2 nitrogen and oxygen atoms in total. The van der Waals surface area contributed by atoms with Gasteiger partial charge in [0.05, 0.1) is 5.56 Å². The molecule has 1 fully saturated rings. The maximum Gasteiger partial charge on any atom is 0.417 e. The van der Waals surface area contributed by atoms with Crippen LogP contribution in [0.1, 0.15) is 24.0 Å². The lowest BCUT2D eigenvalue weighted by Crippen LogP contribution is -2.25. The number of aromatic nitrogens is 1. The fourth-order valence-corrected chi connectivity index (χ4v) is 2.00. The zero-order valence-electron chi connectivity index (χ0n) is 8.53. The highest BCUT2D eigenvalue weighted by molar-refractivity contribution is 6.30. The molecule has 6 heteroatoms. The van der Waals surface area contributed by atoms with E-state index in [9.17, 15) is 13.2 Å². The van der Waals surface area contributed by atoms with Gasteiger partial charge in [0.2, 0.25) is 0 Å². The molecule has 0 atom stereocenters. The number of hydrogen-bond acceptors (Lipinski definition) is 2. The van der Waals surface area contributed by atoms with Crippen LogP contribution in [0.3, 0.4) is 0 Å². The molecule has 0 unspecified atom stereocenters. The van der Waals surface area contributed by atoms with Crippen LogP contribution in [0.4, 0.5) is 13.2 Å². The summed E-state index contributed by atoms with van der Waals surface area (Å²) in [7, 11) is 1.71. The number of nitrogens with one attached hydrogen (secondary N) is 1. The van der Waals surface area contributed by atoms with Crippen molar-refractivity contribution < 1.29 is 13.2 Å². The van der Waals surface area contributed by atoms with Crippen LogP contribution in [0, 0.1) is 0 Å². The zero-order chi connectivity index (χ0) is 12.0. The molecule has 1 aromatic heterocycles. The van der Waals surface area contributed by atoms with Gasteiger partial charge in [0, 0.05) is 17.3 Å². The van der Waals surface area contributed by atoms with Crippen molar-refractivity contribution in [3.05, 3.63) is 28.5 Å². The molecule has 0 bridgehead atoms. The van der Waals surface area contributed by atoms with Gasteiger partial charge in [0.15, 0.2) is 0 Å². The van der Waals surface area contributed by atoms with Crippen molar-refractivity contribution in [3.8, 4) is 0 Å². The normalized spacial score (nSPS) is 18.6. The van der Waals surface area contributed by atoms with Gasteiger partial charge in [0.25, 0.3) is 0 Å². The smallest absolute Gasteiger partial charge is 0.310 e. The molecule has 0 radical (unpaired) electrons. The maximum absolute atomic E-state index is 12.5. The number of hydrogen-bond donors (Lipinski definition) is 1. The third-order valence-corrected chi connectivity index (χ3v) is 3.21. The molecular formula is C10H10ClF3N2. The molecule has 2 rings (SSSR count). The van der Waals surface area contributed by atoms with Crippen molar-refractivity contribution in [2.75, 3.05) is 7.05 Å². The van der Waals surface area contributed by atoms with Crippen molar-refractivity contribution in [1.29, 1.82) is 0 Å². The highest BCUT2D eigenvalue weighted by atomic mass is 35.5. The maximum atomic E-state index is 12.5. The van der Waals surface area contributed by atoms with E-state index in [4.69, 9.17) is 11.6 Å². The van der Waals surface area contributed by atoms with Crippen molar-refractivity contribution in [1.82, 2.24) is 10.3 Å². The Labute approximate surface area is 95.8 Å². The molecule has 1 aliphatic carbocycles. The predicted octanol–water partition coefficient (Wildman–Crippen LogP) is 2.96. The third-order valence-electron chi connectivity index (χ3n) is 2.91. The molecular weight excluding hydrogens is 241 g/mol. The lowest BCUT2D eigenvalue weighted by Gasteiger charge is -2.17. The number of halogens is 4. The van der Waals surface area contributed by atoms with Gasteiger partial charge in [-0.05, 0) is 26.0 Å². The molecule has 16 heavy (non-hydrogen) atoms. The standard InChI is InChI=1S/C10H10ClF3N2/c1-15-9(2-3-9)7-4-6(10(12,13)14)5-16-8(7)11/h4-5,15H,2-3H2,1H3. The SMILES string of the molecule is CNC1(c2cc(C(F)(F)F)cnc2Cl)CC1. The Hall–Kier alpha value is -0.810. The Morgan fingerprint density at radius 2 is 2.06 bits per heavy atom. The van der Waals surface area contributed by atoms with Crippen LogP contribution in [-0.2, 0) is 11.7 Å². The fourth-order valence-electron chi connectivity index (χ4n) is 1.72. The zero-order valence-corrected chi connectivity index (χ0v) is 9.28. The molecule has 88 valence electrons. The van der Waals surface area contributed by atoms with Gasteiger partial charge in [-0.1, -0.05) is 11.6 Å². The van der Waals surface area contributed by atoms with E-state index in [1.165, 1.54) is 0 Å². The number of alkyl halides is 3. The largest absolute Gasteiger partial charge is 0.417 e. The van der Waals surface area contributed by atoms with Gasteiger partial charge in [0.1, 0.15) is 5.15 Å². The van der Waals surface area contributed by atoms with Crippen LogP contribution in [0.5, 0.6) is 0 Å². The molecule has 0 saturated heterocycles. The van der Waals surface area contributed by atoms with Crippen LogP contribution in [0.25, 0.3) is 0 Å². The second-order valence-corrected chi connectivity index (χ2v) is 4.25. The van der Waals surface area contributed by atoms with Crippen LogP contribution in [-0.4, -0.2) is 12.0 Å². The molecule has 1 aliphatic rings. The van der Waals surface area contributed by atoms with E-state index in [0.29, 0.717) is 5.56 Å². The number of rotatable bonds is 2. The molecule has 1 aromatic rings. The molecule has 1 saturated carbocycles. The van der Waals surface area contributed by atoms with Gasteiger partial charge in [-0.25, -0.2) is 4.98 Å². The summed E-state index contributed by atoms with van der Waals surface area (Å²) in [6.45, 7) is 0. The van der Waals surface area contributed by atoms with Crippen molar-refractivity contribution in [3.63, 3.8) is 0 Å². The summed E-state index contributed by atoms with van der Waals surface area (Å²) < 4.78 is 37.5. The number of pyridine rings is 1.